The number of carbonyl (C=O) groups is 1. The van der Waals surface area contributed by atoms with Gasteiger partial charge in [0.05, 0.1) is 22.7 Å². The molecule has 2 aromatic heterocycles. The fraction of sp³-hybridized carbons (Fsp3) is 0.259. The smallest absolute Gasteiger partial charge is 0.219 e. The third-order valence-corrected chi connectivity index (χ3v) is 8.39. The van der Waals surface area contributed by atoms with Crippen LogP contribution in [0.5, 0.6) is 11.5 Å². The quantitative estimate of drug-likeness (QED) is 0.249. The Hall–Kier alpha value is -3.18. The second kappa shape index (κ2) is 12.1. The van der Waals surface area contributed by atoms with Crippen LogP contribution in [0.15, 0.2) is 70.6 Å². The van der Waals surface area contributed by atoms with E-state index in [0.29, 0.717) is 27.5 Å². The van der Waals surface area contributed by atoms with E-state index in [9.17, 15) is 9.90 Å². The highest BCUT2D eigenvalue weighted by Gasteiger charge is 2.25. The van der Waals surface area contributed by atoms with Crippen molar-refractivity contribution < 1.29 is 14.6 Å². The molecule has 0 aliphatic carbocycles. The lowest BCUT2D eigenvalue weighted by Gasteiger charge is -2.29. The molecule has 11 heteroatoms. The second-order valence-electron chi connectivity index (χ2n) is 8.82. The van der Waals surface area contributed by atoms with Crippen molar-refractivity contribution in [3.63, 3.8) is 0 Å². The van der Waals surface area contributed by atoms with Crippen molar-refractivity contribution in [3.05, 3.63) is 77.2 Å². The number of aliphatic hydroxyl groups excluding tert-OH is 1. The van der Waals surface area contributed by atoms with Gasteiger partial charge in [0, 0.05) is 48.4 Å². The molecule has 1 fully saturated rings. The predicted molar refractivity (Wildman–Crippen MR) is 150 cm³/mol. The Bertz CT molecular complexity index is 1410. The highest BCUT2D eigenvalue weighted by molar-refractivity contribution is 7.99. The molecule has 1 amide bonds. The van der Waals surface area contributed by atoms with Crippen LogP contribution in [0.25, 0.3) is 0 Å². The number of rotatable bonds is 8. The van der Waals surface area contributed by atoms with Gasteiger partial charge in [-0.15, -0.1) is 0 Å². The number of piperidine rings is 1. The molecule has 196 valence electrons. The molecule has 2 aromatic carbocycles. The van der Waals surface area contributed by atoms with Gasteiger partial charge in [0.25, 0.3) is 0 Å². The molecular formula is C27H26ClN5O3S2. The Kier molecular flexibility index (Phi) is 8.43. The molecule has 0 saturated carbocycles. The topological polar surface area (TPSA) is 100 Å². The number of hydrogen-bond acceptors (Lipinski definition) is 9. The molecule has 4 aromatic rings. The molecule has 1 aliphatic rings. The van der Waals surface area contributed by atoms with Gasteiger partial charge in [0.1, 0.15) is 23.1 Å². The zero-order valence-corrected chi connectivity index (χ0v) is 23.0. The maximum absolute atomic E-state index is 11.6. The van der Waals surface area contributed by atoms with E-state index < -0.39 is 0 Å². The summed E-state index contributed by atoms with van der Waals surface area (Å²) in [5.41, 5.74) is 0.811. The number of anilines is 2. The molecule has 8 nitrogen and oxygen atoms in total. The fourth-order valence-electron chi connectivity index (χ4n) is 4.10. The van der Waals surface area contributed by atoms with Crippen molar-refractivity contribution in [1.29, 1.82) is 0 Å². The van der Waals surface area contributed by atoms with E-state index >= 15 is 0 Å². The van der Waals surface area contributed by atoms with Gasteiger partial charge >= 0.3 is 0 Å². The first-order valence-electron chi connectivity index (χ1n) is 12.1. The maximum Gasteiger partial charge on any atom is 0.219 e. The monoisotopic (exact) mass is 567 g/mol. The minimum absolute atomic E-state index is 0.0221. The highest BCUT2D eigenvalue weighted by Crippen LogP contribution is 2.40. The fourth-order valence-corrected chi connectivity index (χ4v) is 5.93. The van der Waals surface area contributed by atoms with Crippen molar-refractivity contribution in [1.82, 2.24) is 19.2 Å². The SMILES string of the molecule is CC(=O)N1CCC(c2nsc(Nc3ncc(Oc4ccc(CO)cc4)cc3Sc3ccccc3Cl)n2)CC1. The van der Waals surface area contributed by atoms with E-state index in [-0.39, 0.29) is 18.4 Å². The van der Waals surface area contributed by atoms with Crippen molar-refractivity contribution in [2.24, 2.45) is 0 Å². The number of aliphatic hydroxyl groups is 1. The van der Waals surface area contributed by atoms with Crippen LogP contribution in [-0.2, 0) is 11.4 Å². The van der Waals surface area contributed by atoms with Crippen molar-refractivity contribution >= 4 is 51.8 Å². The lowest BCUT2D eigenvalue weighted by Crippen LogP contribution is -2.36. The molecule has 38 heavy (non-hydrogen) atoms. The Morgan fingerprint density at radius 2 is 1.92 bits per heavy atom. The molecule has 0 radical (unpaired) electrons. The molecule has 1 saturated heterocycles. The van der Waals surface area contributed by atoms with Crippen molar-refractivity contribution in [3.8, 4) is 11.5 Å². The van der Waals surface area contributed by atoms with Gasteiger partial charge < -0.3 is 20.1 Å². The number of pyridine rings is 1. The lowest BCUT2D eigenvalue weighted by molar-refractivity contribution is -0.129. The van der Waals surface area contributed by atoms with Gasteiger partial charge in [-0.25, -0.2) is 9.97 Å². The number of carbonyl (C=O) groups excluding carboxylic acids is 1. The van der Waals surface area contributed by atoms with Gasteiger partial charge in [-0.3, -0.25) is 4.79 Å². The molecule has 0 bridgehead atoms. The van der Waals surface area contributed by atoms with Crippen LogP contribution in [0.1, 0.15) is 37.1 Å². The van der Waals surface area contributed by atoms with E-state index in [1.165, 1.54) is 23.3 Å². The van der Waals surface area contributed by atoms with Crippen LogP contribution >= 0.6 is 34.9 Å². The van der Waals surface area contributed by atoms with E-state index in [4.69, 9.17) is 21.3 Å². The zero-order chi connectivity index (χ0) is 26.5. The predicted octanol–water partition coefficient (Wildman–Crippen LogP) is 6.49. The summed E-state index contributed by atoms with van der Waals surface area (Å²) in [6.45, 7) is 3.04. The molecule has 2 N–H and O–H groups in total. The molecule has 0 unspecified atom stereocenters. The normalized spacial score (nSPS) is 13.9. The van der Waals surface area contributed by atoms with Gasteiger partial charge in [0.15, 0.2) is 0 Å². The number of amides is 1. The number of likely N-dealkylation sites (tertiary alicyclic amines) is 1. The van der Waals surface area contributed by atoms with Crippen LogP contribution in [0.2, 0.25) is 5.02 Å². The van der Waals surface area contributed by atoms with Crippen molar-refractivity contribution in [2.45, 2.75) is 42.1 Å². The summed E-state index contributed by atoms with van der Waals surface area (Å²) in [5.74, 6) is 2.97. The van der Waals surface area contributed by atoms with E-state index in [0.717, 1.165) is 47.1 Å². The molecule has 0 atom stereocenters. The number of hydrogen-bond donors (Lipinski definition) is 2. The first-order chi connectivity index (χ1) is 18.5. The third-order valence-electron chi connectivity index (χ3n) is 6.20. The lowest BCUT2D eigenvalue weighted by atomic mass is 9.96. The number of aromatic nitrogens is 3. The number of nitrogens with one attached hydrogen (secondary N) is 1. The van der Waals surface area contributed by atoms with Crippen LogP contribution in [0.4, 0.5) is 10.9 Å². The summed E-state index contributed by atoms with van der Waals surface area (Å²) >= 11 is 9.22. The summed E-state index contributed by atoms with van der Waals surface area (Å²) in [6.07, 6.45) is 3.36. The van der Waals surface area contributed by atoms with Gasteiger partial charge in [0.2, 0.25) is 11.0 Å². The van der Waals surface area contributed by atoms with Crippen molar-refractivity contribution in [2.75, 3.05) is 18.4 Å². The molecular weight excluding hydrogens is 542 g/mol. The average Bonchev–Trinajstić information content (AvgIpc) is 3.40. The molecule has 3 heterocycles. The summed E-state index contributed by atoms with van der Waals surface area (Å²) in [6, 6.07) is 16.8. The van der Waals surface area contributed by atoms with Crippen LogP contribution in [-0.4, -0.2) is 43.3 Å². The molecule has 5 rings (SSSR count). The first-order valence-corrected chi connectivity index (χ1v) is 14.1. The summed E-state index contributed by atoms with van der Waals surface area (Å²) in [7, 11) is 0. The summed E-state index contributed by atoms with van der Waals surface area (Å²) < 4.78 is 10.6. The minimum Gasteiger partial charge on any atom is -0.456 e. The van der Waals surface area contributed by atoms with E-state index in [1.54, 1.807) is 13.1 Å². The van der Waals surface area contributed by atoms with E-state index in [2.05, 4.69) is 14.7 Å². The number of halogens is 1. The van der Waals surface area contributed by atoms with Crippen LogP contribution in [0, 0.1) is 0 Å². The van der Waals surface area contributed by atoms with Crippen LogP contribution < -0.4 is 10.1 Å². The highest BCUT2D eigenvalue weighted by atomic mass is 35.5. The Balaban J connectivity index is 1.36. The molecule has 1 aliphatic heterocycles. The largest absolute Gasteiger partial charge is 0.456 e. The number of nitrogens with zero attached hydrogens (tertiary/aromatic N) is 4. The summed E-state index contributed by atoms with van der Waals surface area (Å²) in [5, 5.41) is 13.9. The average molecular weight is 568 g/mol. The minimum atomic E-state index is -0.0221. The van der Waals surface area contributed by atoms with Crippen LogP contribution in [0.3, 0.4) is 0 Å². The van der Waals surface area contributed by atoms with Gasteiger partial charge in [-0.1, -0.05) is 47.6 Å². The zero-order valence-electron chi connectivity index (χ0n) is 20.6. The first kappa shape index (κ1) is 26.4. The summed E-state index contributed by atoms with van der Waals surface area (Å²) in [4.78, 5) is 24.6. The van der Waals surface area contributed by atoms with Gasteiger partial charge in [-0.05, 0) is 42.7 Å². The third kappa shape index (κ3) is 6.44. The maximum atomic E-state index is 11.6. The standard InChI is InChI=1S/C27H26ClN5O3S2/c1-17(35)33-12-10-19(11-13-33)25-30-27(38-32-25)31-26-24(37-23-5-3-2-4-22(23)28)14-21(15-29-26)36-20-8-6-18(16-34)7-9-20/h2-9,14-15,19,34H,10-13,16H2,1H3,(H,29,30,31,32). The Morgan fingerprint density at radius 3 is 2.63 bits per heavy atom. The molecule has 0 spiro atoms. The number of benzene rings is 2. The second-order valence-corrected chi connectivity index (χ2v) is 11.1. The Labute approximate surface area is 234 Å². The van der Waals surface area contributed by atoms with Gasteiger partial charge in [-0.2, -0.15) is 4.37 Å². The Morgan fingerprint density at radius 1 is 1.16 bits per heavy atom. The van der Waals surface area contributed by atoms with E-state index in [1.807, 2.05) is 59.5 Å². The number of ether oxygens (including phenoxy) is 1.